The van der Waals surface area contributed by atoms with E-state index in [1.54, 1.807) is 15.7 Å². The number of fused-ring (bicyclic) bond motifs is 1. The van der Waals surface area contributed by atoms with Gasteiger partial charge in [-0.2, -0.15) is 4.68 Å². The summed E-state index contributed by atoms with van der Waals surface area (Å²) >= 11 is 0. The first-order chi connectivity index (χ1) is 13.2. The van der Waals surface area contributed by atoms with Crippen LogP contribution in [0.15, 0.2) is 31.0 Å². The molecule has 0 bridgehead atoms. The van der Waals surface area contributed by atoms with Crippen LogP contribution in [-0.4, -0.2) is 57.7 Å². The molecule has 0 radical (unpaired) electrons. The van der Waals surface area contributed by atoms with Gasteiger partial charge in [0.25, 0.3) is 0 Å². The first-order valence-electron chi connectivity index (χ1n) is 8.44. The highest BCUT2D eigenvalue weighted by Gasteiger charge is 2.25. The van der Waals surface area contributed by atoms with Crippen LogP contribution in [0.3, 0.4) is 0 Å². The minimum Gasteiger partial charge on any atom is -0.464 e. The third-order valence-corrected chi connectivity index (χ3v) is 4.50. The summed E-state index contributed by atoms with van der Waals surface area (Å²) in [7, 11) is 1.31. The second-order valence-corrected chi connectivity index (χ2v) is 6.44. The highest BCUT2D eigenvalue weighted by molar-refractivity contribution is 5.86. The van der Waals surface area contributed by atoms with Crippen LogP contribution in [0.4, 0.5) is 0 Å². The zero-order valence-corrected chi connectivity index (χ0v) is 14.4. The molecule has 0 amide bonds. The lowest BCUT2D eigenvalue weighted by molar-refractivity contribution is 0.0594. The molecule has 0 unspecified atom stereocenters. The van der Waals surface area contributed by atoms with Crippen molar-refractivity contribution in [3.05, 3.63) is 47.9 Å². The third kappa shape index (κ3) is 2.82. The van der Waals surface area contributed by atoms with E-state index in [4.69, 9.17) is 4.98 Å². The summed E-state index contributed by atoms with van der Waals surface area (Å²) in [6.45, 7) is 0.374. The van der Waals surface area contributed by atoms with E-state index in [1.807, 2.05) is 10.6 Å². The number of tetrazole rings is 1. The number of carbonyl (C=O) groups is 1. The average Bonchev–Trinajstić information content (AvgIpc) is 3.08. The van der Waals surface area contributed by atoms with Crippen LogP contribution >= 0.6 is 0 Å². The molecule has 136 valence electrons. The standard InChI is InChI=1S/C16H15N9O2/c1-27-16(26)13-8-24(21-19-13)7-12-6-23-5-11(10-2-3-10)4-14(15(23)18-12)25-9-17-20-22-25/h4-6,8-10H,2-3,7H2,1H3. The van der Waals surface area contributed by atoms with Gasteiger partial charge in [0.2, 0.25) is 0 Å². The smallest absolute Gasteiger partial charge is 0.360 e. The van der Waals surface area contributed by atoms with Crippen molar-refractivity contribution in [1.29, 1.82) is 0 Å². The van der Waals surface area contributed by atoms with Gasteiger partial charge >= 0.3 is 5.97 Å². The highest BCUT2D eigenvalue weighted by Crippen LogP contribution is 2.40. The lowest BCUT2D eigenvalue weighted by Gasteiger charge is -2.06. The molecule has 11 heteroatoms. The van der Waals surface area contributed by atoms with Crippen LogP contribution in [0.25, 0.3) is 11.3 Å². The number of hydrogen-bond acceptors (Lipinski definition) is 8. The van der Waals surface area contributed by atoms with Gasteiger partial charge in [-0.3, -0.25) is 0 Å². The van der Waals surface area contributed by atoms with E-state index >= 15 is 0 Å². The Morgan fingerprint density at radius 1 is 1.26 bits per heavy atom. The Labute approximate surface area is 152 Å². The van der Waals surface area contributed by atoms with Crippen LogP contribution in [0.2, 0.25) is 0 Å². The molecular formula is C16H15N9O2. The van der Waals surface area contributed by atoms with Crippen molar-refractivity contribution >= 4 is 11.6 Å². The average molecular weight is 365 g/mol. The molecule has 1 fully saturated rings. The number of imidazole rings is 1. The van der Waals surface area contributed by atoms with Gasteiger partial charge in [0.1, 0.15) is 12.0 Å². The fourth-order valence-electron chi connectivity index (χ4n) is 3.05. The van der Waals surface area contributed by atoms with Gasteiger partial charge in [0, 0.05) is 12.4 Å². The van der Waals surface area contributed by atoms with E-state index in [1.165, 1.54) is 31.7 Å². The van der Waals surface area contributed by atoms with Gasteiger partial charge in [-0.25, -0.2) is 14.5 Å². The highest BCUT2D eigenvalue weighted by atomic mass is 16.5. The Bertz CT molecular complexity index is 1120. The molecule has 1 aliphatic carbocycles. The van der Waals surface area contributed by atoms with Crippen LogP contribution in [0.1, 0.15) is 40.5 Å². The molecule has 4 heterocycles. The van der Waals surface area contributed by atoms with E-state index < -0.39 is 5.97 Å². The molecule has 0 aliphatic heterocycles. The molecule has 0 atom stereocenters. The molecule has 0 saturated heterocycles. The summed E-state index contributed by atoms with van der Waals surface area (Å²) in [6, 6.07) is 2.09. The molecule has 0 aromatic carbocycles. The fraction of sp³-hybridized carbons (Fsp3) is 0.312. The topological polar surface area (TPSA) is 118 Å². The second kappa shape index (κ2) is 5.97. The summed E-state index contributed by atoms with van der Waals surface area (Å²) in [5.74, 6) is 0.0553. The minimum absolute atomic E-state index is 0.159. The fourth-order valence-corrected chi connectivity index (χ4v) is 3.05. The van der Waals surface area contributed by atoms with Crippen molar-refractivity contribution in [1.82, 2.24) is 44.6 Å². The molecule has 1 aliphatic rings. The summed E-state index contributed by atoms with van der Waals surface area (Å²) in [6.07, 6.45) is 9.51. The molecule has 0 spiro atoms. The molecular weight excluding hydrogens is 350 g/mol. The Morgan fingerprint density at radius 2 is 2.15 bits per heavy atom. The molecule has 0 N–H and O–H groups in total. The number of pyridine rings is 1. The van der Waals surface area contributed by atoms with Gasteiger partial charge in [0.05, 0.1) is 25.5 Å². The van der Waals surface area contributed by atoms with E-state index in [0.29, 0.717) is 12.5 Å². The van der Waals surface area contributed by atoms with Gasteiger partial charge in [-0.15, -0.1) is 10.2 Å². The Hall–Kier alpha value is -3.63. The molecule has 11 nitrogen and oxygen atoms in total. The Kier molecular flexibility index (Phi) is 3.45. The van der Waals surface area contributed by atoms with E-state index in [9.17, 15) is 4.79 Å². The number of esters is 1. The monoisotopic (exact) mass is 365 g/mol. The zero-order chi connectivity index (χ0) is 18.4. The molecule has 1 saturated carbocycles. The summed E-state index contributed by atoms with van der Waals surface area (Å²) in [5, 5.41) is 19.2. The lowest BCUT2D eigenvalue weighted by atomic mass is 10.2. The number of rotatable bonds is 5. The predicted octanol–water partition coefficient (Wildman–Crippen LogP) is 0.614. The maximum absolute atomic E-state index is 11.5. The van der Waals surface area contributed by atoms with Gasteiger partial charge in [0.15, 0.2) is 11.3 Å². The normalized spacial score (nSPS) is 14.0. The van der Waals surface area contributed by atoms with E-state index in [0.717, 1.165) is 17.0 Å². The van der Waals surface area contributed by atoms with Crippen molar-refractivity contribution < 1.29 is 9.53 Å². The predicted molar refractivity (Wildman–Crippen MR) is 90.3 cm³/mol. The van der Waals surface area contributed by atoms with Crippen molar-refractivity contribution in [3.63, 3.8) is 0 Å². The number of ether oxygens (including phenoxy) is 1. The van der Waals surface area contributed by atoms with Crippen molar-refractivity contribution in [2.75, 3.05) is 7.11 Å². The van der Waals surface area contributed by atoms with Crippen LogP contribution in [0, 0.1) is 0 Å². The molecule has 4 aromatic rings. The number of hydrogen-bond donors (Lipinski definition) is 0. The summed E-state index contributed by atoms with van der Waals surface area (Å²) in [5.41, 5.74) is 3.75. The first kappa shape index (κ1) is 15.6. The lowest BCUT2D eigenvalue weighted by Crippen LogP contribution is -2.02. The minimum atomic E-state index is -0.522. The molecule has 27 heavy (non-hydrogen) atoms. The van der Waals surface area contributed by atoms with Gasteiger partial charge in [-0.1, -0.05) is 5.21 Å². The second-order valence-electron chi connectivity index (χ2n) is 6.44. The maximum atomic E-state index is 11.5. The van der Waals surface area contributed by atoms with Crippen LogP contribution < -0.4 is 0 Å². The molecule has 5 rings (SSSR count). The van der Waals surface area contributed by atoms with Gasteiger partial charge < -0.3 is 9.14 Å². The maximum Gasteiger partial charge on any atom is 0.360 e. The van der Waals surface area contributed by atoms with Crippen molar-refractivity contribution in [2.24, 2.45) is 0 Å². The number of nitrogens with zero attached hydrogens (tertiary/aromatic N) is 9. The summed E-state index contributed by atoms with van der Waals surface area (Å²) in [4.78, 5) is 16.2. The SMILES string of the molecule is COC(=O)c1cn(Cc2cn3cc(C4CC4)cc(-n4cnnn4)c3n2)nn1. The quantitative estimate of drug-likeness (QED) is 0.472. The van der Waals surface area contributed by atoms with Crippen molar-refractivity contribution in [2.45, 2.75) is 25.3 Å². The van der Waals surface area contributed by atoms with E-state index in [-0.39, 0.29) is 5.69 Å². The van der Waals surface area contributed by atoms with E-state index in [2.05, 4.69) is 42.8 Å². The molecule has 4 aromatic heterocycles. The summed E-state index contributed by atoms with van der Waals surface area (Å²) < 4.78 is 9.80. The third-order valence-electron chi connectivity index (χ3n) is 4.50. The Morgan fingerprint density at radius 3 is 2.89 bits per heavy atom. The Balaban J connectivity index is 1.53. The number of carbonyl (C=O) groups excluding carboxylic acids is 1. The number of methoxy groups -OCH3 is 1. The van der Waals surface area contributed by atoms with Crippen LogP contribution in [-0.2, 0) is 11.3 Å². The number of aromatic nitrogens is 9. The zero-order valence-electron chi connectivity index (χ0n) is 14.4. The van der Waals surface area contributed by atoms with Crippen molar-refractivity contribution in [3.8, 4) is 5.69 Å². The first-order valence-corrected chi connectivity index (χ1v) is 8.44. The van der Waals surface area contributed by atoms with Crippen LogP contribution in [0.5, 0.6) is 0 Å². The van der Waals surface area contributed by atoms with Gasteiger partial charge in [-0.05, 0) is 40.8 Å². The largest absolute Gasteiger partial charge is 0.464 e.